The van der Waals surface area contributed by atoms with Gasteiger partial charge in [0.25, 0.3) is 0 Å². The van der Waals surface area contributed by atoms with Crippen LogP contribution in [0.1, 0.15) is 94.1 Å². The monoisotopic (exact) mass is 622 g/mol. The molecule has 3 atom stereocenters. The summed E-state index contributed by atoms with van der Waals surface area (Å²) in [5, 5.41) is 19.1. The maximum atomic E-state index is 14.6. The first kappa shape index (κ1) is 28.7. The number of hydrogen-bond donors (Lipinski definition) is 3. The van der Waals surface area contributed by atoms with Gasteiger partial charge in [-0.3, -0.25) is 14.9 Å². The van der Waals surface area contributed by atoms with Crippen LogP contribution in [0.25, 0.3) is 0 Å². The molecule has 2 amide bonds. The molecule has 4 aliphatic rings. The Morgan fingerprint density at radius 2 is 1.84 bits per heavy atom. The van der Waals surface area contributed by atoms with Gasteiger partial charge < -0.3 is 15.1 Å². The Labute approximate surface area is 260 Å². The fraction of sp³-hybridized carbons (Fsp3) is 0.531. The van der Waals surface area contributed by atoms with Gasteiger partial charge in [0.15, 0.2) is 0 Å². The molecule has 3 N–H and O–H groups in total. The number of benzene rings is 1. The summed E-state index contributed by atoms with van der Waals surface area (Å²) >= 11 is 12.9. The zero-order valence-electron chi connectivity index (χ0n) is 24.3. The van der Waals surface area contributed by atoms with E-state index in [1.165, 1.54) is 6.39 Å². The molecular weight excluding hydrogens is 587 g/mol. The number of rotatable bonds is 4. The molecule has 3 fully saturated rings. The van der Waals surface area contributed by atoms with E-state index in [4.69, 9.17) is 27.6 Å². The van der Waals surface area contributed by atoms with Gasteiger partial charge in [0, 0.05) is 45.9 Å². The molecule has 9 nitrogen and oxygen atoms in total. The van der Waals surface area contributed by atoms with E-state index in [1.54, 1.807) is 12.3 Å². The van der Waals surface area contributed by atoms with E-state index in [0.29, 0.717) is 21.8 Å². The van der Waals surface area contributed by atoms with Gasteiger partial charge in [0.2, 0.25) is 24.1 Å². The van der Waals surface area contributed by atoms with Crippen molar-refractivity contribution >= 4 is 40.7 Å². The molecule has 2 spiro atoms. The third-order valence-corrected chi connectivity index (χ3v) is 11.1. The van der Waals surface area contributed by atoms with Crippen LogP contribution < -0.4 is 16.0 Å². The molecule has 3 aromatic rings. The fourth-order valence-electron chi connectivity index (χ4n) is 8.40. The summed E-state index contributed by atoms with van der Waals surface area (Å²) in [5.41, 5.74) is 0.668. The number of fused-ring (bicyclic) bond motifs is 3. The zero-order chi connectivity index (χ0) is 30.0. The van der Waals surface area contributed by atoms with Crippen molar-refractivity contribution in [3.8, 4) is 0 Å². The first-order valence-electron chi connectivity index (χ1n) is 15.2. The molecular formula is C32H36Cl2N6O3. The quantitative estimate of drug-likeness (QED) is 0.310. The smallest absolute Gasteiger partial charge is 0.238 e. The van der Waals surface area contributed by atoms with Gasteiger partial charge in [-0.2, -0.15) is 0 Å². The fourth-order valence-corrected chi connectivity index (χ4v) is 8.76. The van der Waals surface area contributed by atoms with Crippen LogP contribution in [-0.4, -0.2) is 44.6 Å². The predicted octanol–water partition coefficient (Wildman–Crippen LogP) is 5.90. The van der Waals surface area contributed by atoms with Gasteiger partial charge in [0.1, 0.15) is 10.6 Å². The van der Waals surface area contributed by atoms with Crippen molar-refractivity contribution in [3.63, 3.8) is 0 Å². The Bertz CT molecular complexity index is 1540. The Hall–Kier alpha value is -3.01. The minimum Gasteiger partial charge on any atom is -0.428 e. The first-order valence-corrected chi connectivity index (χ1v) is 15.9. The van der Waals surface area contributed by atoms with Crippen molar-refractivity contribution < 1.29 is 14.0 Å². The van der Waals surface area contributed by atoms with Crippen molar-refractivity contribution in [2.45, 2.75) is 100 Å². The average molecular weight is 624 g/mol. The average Bonchev–Trinajstić information content (AvgIpc) is 3.68. The molecule has 0 bridgehead atoms. The summed E-state index contributed by atoms with van der Waals surface area (Å²) in [4.78, 5) is 33.5. The molecule has 1 aromatic carbocycles. The number of nitrogens with one attached hydrogen (secondary N) is 3. The van der Waals surface area contributed by atoms with Gasteiger partial charge in [-0.15, -0.1) is 10.2 Å². The Morgan fingerprint density at radius 1 is 1.07 bits per heavy atom. The zero-order valence-corrected chi connectivity index (χ0v) is 25.8. The van der Waals surface area contributed by atoms with Crippen LogP contribution in [0.4, 0.5) is 5.69 Å². The van der Waals surface area contributed by atoms with E-state index in [-0.39, 0.29) is 29.2 Å². The summed E-state index contributed by atoms with van der Waals surface area (Å²) in [6.07, 6.45) is 9.75. The lowest BCUT2D eigenvalue weighted by Crippen LogP contribution is -2.61. The highest BCUT2D eigenvalue weighted by atomic mass is 35.5. The molecule has 2 aromatic heterocycles. The van der Waals surface area contributed by atoms with Crippen molar-refractivity contribution in [3.05, 3.63) is 70.1 Å². The van der Waals surface area contributed by atoms with Crippen LogP contribution in [0.2, 0.25) is 10.2 Å². The van der Waals surface area contributed by atoms with E-state index in [1.807, 2.05) is 24.3 Å². The Kier molecular flexibility index (Phi) is 7.06. The van der Waals surface area contributed by atoms with Crippen LogP contribution in [0.3, 0.4) is 0 Å². The summed E-state index contributed by atoms with van der Waals surface area (Å²) in [6, 6.07) is 8.65. The van der Waals surface area contributed by atoms with Crippen molar-refractivity contribution in [1.82, 2.24) is 25.8 Å². The molecule has 11 heteroatoms. The minimum atomic E-state index is -1.08. The number of nitrogens with zero attached hydrogens (tertiary/aromatic N) is 3. The lowest BCUT2D eigenvalue weighted by atomic mass is 9.53. The number of anilines is 1. The molecule has 43 heavy (non-hydrogen) atoms. The number of carbonyl (C=O) groups excluding carboxylic acids is 2. The van der Waals surface area contributed by atoms with Gasteiger partial charge in [0.05, 0.1) is 6.04 Å². The SMILES string of the molecule is CC1(C)CCC2(CC1)N[C@@H](C(=O)N[C@H]1CC[C@H](c3nnco3)CC1)[C@H](c1cccc(Cl)c1)[C@]21C(=O)Nc2cc(Cl)ncc21. The number of hydrogen-bond acceptors (Lipinski definition) is 7. The molecule has 226 valence electrons. The summed E-state index contributed by atoms with van der Waals surface area (Å²) < 4.78 is 5.44. The lowest BCUT2D eigenvalue weighted by molar-refractivity contribution is -0.125. The molecule has 4 heterocycles. The second-order valence-corrected chi connectivity index (χ2v) is 14.4. The number of aromatic nitrogens is 3. The van der Waals surface area contributed by atoms with Gasteiger partial charge in [-0.1, -0.05) is 49.2 Å². The second-order valence-electron chi connectivity index (χ2n) is 13.5. The highest BCUT2D eigenvalue weighted by molar-refractivity contribution is 6.30. The van der Waals surface area contributed by atoms with Crippen LogP contribution in [0, 0.1) is 5.41 Å². The number of pyridine rings is 1. The second kappa shape index (κ2) is 10.6. The molecule has 0 radical (unpaired) electrons. The molecule has 1 saturated heterocycles. The summed E-state index contributed by atoms with van der Waals surface area (Å²) in [5.74, 6) is 0.113. The van der Waals surface area contributed by atoms with E-state index in [2.05, 4.69) is 45.0 Å². The number of halogens is 2. The maximum Gasteiger partial charge on any atom is 0.238 e. The van der Waals surface area contributed by atoms with Crippen LogP contribution >= 0.6 is 23.2 Å². The van der Waals surface area contributed by atoms with E-state index >= 15 is 0 Å². The van der Waals surface area contributed by atoms with Gasteiger partial charge >= 0.3 is 0 Å². The Morgan fingerprint density at radius 3 is 2.53 bits per heavy atom. The van der Waals surface area contributed by atoms with E-state index in [9.17, 15) is 9.59 Å². The summed E-state index contributed by atoms with van der Waals surface area (Å²) in [7, 11) is 0. The van der Waals surface area contributed by atoms with E-state index in [0.717, 1.165) is 62.5 Å². The van der Waals surface area contributed by atoms with Crippen molar-refractivity contribution in [2.75, 3.05) is 5.32 Å². The van der Waals surface area contributed by atoms with Crippen molar-refractivity contribution in [1.29, 1.82) is 0 Å². The Balaban J connectivity index is 1.29. The highest BCUT2D eigenvalue weighted by Gasteiger charge is 2.72. The van der Waals surface area contributed by atoms with Gasteiger partial charge in [-0.25, -0.2) is 4.98 Å². The van der Waals surface area contributed by atoms with Crippen LogP contribution in [0.15, 0.2) is 47.3 Å². The lowest BCUT2D eigenvalue weighted by Gasteiger charge is -2.50. The number of amides is 2. The number of carbonyl (C=O) groups is 2. The third-order valence-electron chi connectivity index (χ3n) is 10.6. The largest absolute Gasteiger partial charge is 0.428 e. The maximum absolute atomic E-state index is 14.6. The molecule has 2 aliphatic heterocycles. The predicted molar refractivity (Wildman–Crippen MR) is 163 cm³/mol. The molecule has 2 saturated carbocycles. The first-order chi connectivity index (χ1) is 20.6. The standard InChI is InChI=1S/C32H36Cl2N6O3/c1-30(2)10-12-31(13-11-30)32(22-16-35-24(34)15-23(22)38-29(32)42)25(19-4-3-5-20(33)14-19)26(39-31)27(41)37-21-8-6-18(7-9-21)28-40-36-17-43-28/h3-5,14-18,21,25-26,39H,6-13H2,1-2H3,(H,37,41)(H,38,42)/t18-,21-,25-,26+,32+/m0/s1. The molecule has 7 rings (SSSR count). The highest BCUT2D eigenvalue weighted by Crippen LogP contribution is 2.63. The van der Waals surface area contributed by atoms with E-state index < -0.39 is 22.9 Å². The van der Waals surface area contributed by atoms with Crippen LogP contribution in [-0.2, 0) is 15.0 Å². The van der Waals surface area contributed by atoms with Crippen molar-refractivity contribution in [2.24, 2.45) is 5.41 Å². The molecule has 0 unspecified atom stereocenters. The minimum absolute atomic E-state index is 0.0106. The topological polar surface area (TPSA) is 122 Å². The summed E-state index contributed by atoms with van der Waals surface area (Å²) in [6.45, 7) is 4.55. The van der Waals surface area contributed by atoms with Crippen LogP contribution in [0.5, 0.6) is 0 Å². The third kappa shape index (κ3) is 4.66. The molecule has 2 aliphatic carbocycles. The normalized spacial score (nSPS) is 30.7. The van der Waals surface area contributed by atoms with Gasteiger partial charge in [-0.05, 0) is 80.5 Å².